The van der Waals surface area contributed by atoms with E-state index in [1.54, 1.807) is 25.1 Å². The summed E-state index contributed by atoms with van der Waals surface area (Å²) in [7, 11) is -3.36. The predicted octanol–water partition coefficient (Wildman–Crippen LogP) is 2.53. The Balaban J connectivity index is 2.92. The van der Waals surface area contributed by atoms with Crippen LogP contribution in [0.15, 0.2) is 18.2 Å². The van der Waals surface area contributed by atoms with E-state index in [2.05, 4.69) is 0 Å². The number of aliphatic hydroxyl groups excluding tert-OH is 1. The second kappa shape index (κ2) is 7.45. The van der Waals surface area contributed by atoms with E-state index in [4.69, 9.17) is 28.3 Å². The van der Waals surface area contributed by atoms with E-state index in [0.717, 1.165) is 5.56 Å². The Morgan fingerprint density at radius 1 is 1.26 bits per heavy atom. The average molecular weight is 326 g/mol. The molecule has 108 valence electrons. The van der Waals surface area contributed by atoms with E-state index in [0.29, 0.717) is 16.5 Å². The van der Waals surface area contributed by atoms with Crippen molar-refractivity contribution < 1.29 is 13.5 Å². The third-order valence-electron chi connectivity index (χ3n) is 2.55. The number of hydrogen-bond acceptors (Lipinski definition) is 3. The van der Waals surface area contributed by atoms with Crippen LogP contribution in [0.4, 0.5) is 0 Å². The maximum Gasteiger partial charge on any atom is 0.214 e. The molecule has 7 heteroatoms. The average Bonchev–Trinajstić information content (AvgIpc) is 2.33. The maximum absolute atomic E-state index is 12.0. The van der Waals surface area contributed by atoms with Gasteiger partial charge in [0.05, 0.1) is 22.4 Å². The molecule has 0 aliphatic rings. The molecule has 1 aromatic rings. The molecular formula is C12H17Cl2NO3S. The minimum atomic E-state index is -3.36. The van der Waals surface area contributed by atoms with E-state index in [1.807, 2.05) is 0 Å². The summed E-state index contributed by atoms with van der Waals surface area (Å²) in [4.78, 5) is 0. The molecule has 0 spiro atoms. The zero-order valence-corrected chi connectivity index (χ0v) is 13.0. The quantitative estimate of drug-likeness (QED) is 0.838. The van der Waals surface area contributed by atoms with Gasteiger partial charge in [-0.25, -0.2) is 8.42 Å². The van der Waals surface area contributed by atoms with E-state index >= 15 is 0 Å². The Hall–Kier alpha value is -0.330. The molecule has 1 rings (SSSR count). The highest BCUT2D eigenvalue weighted by molar-refractivity contribution is 7.89. The van der Waals surface area contributed by atoms with Crippen molar-refractivity contribution in [3.8, 4) is 0 Å². The van der Waals surface area contributed by atoms with E-state index in [1.165, 1.54) is 4.31 Å². The second-order valence-corrected chi connectivity index (χ2v) is 7.02. The number of hydrogen-bond donors (Lipinski definition) is 1. The predicted molar refractivity (Wildman–Crippen MR) is 78.0 cm³/mol. The summed E-state index contributed by atoms with van der Waals surface area (Å²) in [6, 6.07) is 4.98. The Kier molecular flexibility index (Phi) is 6.56. The lowest BCUT2D eigenvalue weighted by Gasteiger charge is -2.21. The van der Waals surface area contributed by atoms with Crippen LogP contribution < -0.4 is 0 Å². The normalized spacial score (nSPS) is 12.1. The largest absolute Gasteiger partial charge is 0.395 e. The van der Waals surface area contributed by atoms with Gasteiger partial charge in [-0.05, 0) is 24.1 Å². The van der Waals surface area contributed by atoms with Crippen LogP contribution in [-0.4, -0.2) is 36.7 Å². The Morgan fingerprint density at radius 2 is 1.95 bits per heavy atom. The van der Waals surface area contributed by atoms with Crippen LogP contribution >= 0.6 is 23.2 Å². The Bertz CT molecular complexity index is 520. The summed E-state index contributed by atoms with van der Waals surface area (Å²) in [6.45, 7) is 1.83. The molecule has 0 radical (unpaired) electrons. The summed E-state index contributed by atoms with van der Waals surface area (Å²) < 4.78 is 25.3. The molecule has 0 unspecified atom stereocenters. The summed E-state index contributed by atoms with van der Waals surface area (Å²) in [5.74, 6) is 0.0638. The molecular weight excluding hydrogens is 309 g/mol. The molecule has 0 atom stereocenters. The molecule has 0 aromatic heterocycles. The molecule has 0 aliphatic carbocycles. The van der Waals surface area contributed by atoms with Crippen molar-refractivity contribution in [3.63, 3.8) is 0 Å². The van der Waals surface area contributed by atoms with Gasteiger partial charge >= 0.3 is 0 Å². The number of benzene rings is 1. The standard InChI is InChI=1S/C12H17Cl2NO3S/c1-2-7-19(17,18)15(5-6-16)9-10-3-4-11(13)12(14)8-10/h3-4,8,16H,2,5-7,9H2,1H3. The summed E-state index contributed by atoms with van der Waals surface area (Å²) in [5.41, 5.74) is 0.738. The highest BCUT2D eigenvalue weighted by Gasteiger charge is 2.20. The van der Waals surface area contributed by atoms with Crippen molar-refractivity contribution in [1.82, 2.24) is 4.31 Å². The van der Waals surface area contributed by atoms with Crippen molar-refractivity contribution in [2.75, 3.05) is 18.9 Å². The van der Waals surface area contributed by atoms with Crippen LogP contribution in [0.2, 0.25) is 10.0 Å². The zero-order chi connectivity index (χ0) is 14.5. The fourth-order valence-electron chi connectivity index (χ4n) is 1.66. The smallest absolute Gasteiger partial charge is 0.214 e. The highest BCUT2D eigenvalue weighted by atomic mass is 35.5. The van der Waals surface area contributed by atoms with Crippen molar-refractivity contribution in [3.05, 3.63) is 33.8 Å². The molecule has 0 saturated carbocycles. The van der Waals surface area contributed by atoms with Gasteiger partial charge in [0.2, 0.25) is 10.0 Å². The van der Waals surface area contributed by atoms with Gasteiger partial charge in [-0.2, -0.15) is 4.31 Å². The molecule has 4 nitrogen and oxygen atoms in total. The summed E-state index contributed by atoms with van der Waals surface area (Å²) >= 11 is 11.7. The van der Waals surface area contributed by atoms with Gasteiger partial charge in [-0.1, -0.05) is 36.2 Å². The first-order chi connectivity index (χ1) is 8.90. The minimum Gasteiger partial charge on any atom is -0.395 e. The van der Waals surface area contributed by atoms with Crippen LogP contribution in [0.5, 0.6) is 0 Å². The Morgan fingerprint density at radius 3 is 2.47 bits per heavy atom. The van der Waals surface area contributed by atoms with Gasteiger partial charge in [-0.3, -0.25) is 0 Å². The number of nitrogens with zero attached hydrogens (tertiary/aromatic N) is 1. The van der Waals surface area contributed by atoms with Gasteiger partial charge in [0.1, 0.15) is 0 Å². The van der Waals surface area contributed by atoms with Gasteiger partial charge < -0.3 is 5.11 Å². The number of sulfonamides is 1. The topological polar surface area (TPSA) is 57.6 Å². The van der Waals surface area contributed by atoms with E-state index in [9.17, 15) is 8.42 Å². The van der Waals surface area contributed by atoms with Crippen LogP contribution in [0.3, 0.4) is 0 Å². The molecule has 19 heavy (non-hydrogen) atoms. The van der Waals surface area contributed by atoms with Gasteiger partial charge in [0.15, 0.2) is 0 Å². The number of aliphatic hydroxyl groups is 1. The molecule has 0 amide bonds. The third kappa shape index (κ3) is 4.93. The number of rotatable bonds is 7. The first-order valence-corrected chi connectivity index (χ1v) is 8.30. The van der Waals surface area contributed by atoms with Crippen molar-refractivity contribution in [1.29, 1.82) is 0 Å². The van der Waals surface area contributed by atoms with Crippen LogP contribution in [-0.2, 0) is 16.6 Å². The van der Waals surface area contributed by atoms with Gasteiger partial charge in [0, 0.05) is 13.1 Å². The maximum atomic E-state index is 12.0. The lowest BCUT2D eigenvalue weighted by atomic mass is 10.2. The Labute approximate surface area is 124 Å². The zero-order valence-electron chi connectivity index (χ0n) is 10.6. The van der Waals surface area contributed by atoms with Crippen molar-refractivity contribution >= 4 is 33.2 Å². The number of halogens is 2. The molecule has 0 bridgehead atoms. The van der Waals surface area contributed by atoms with E-state index < -0.39 is 10.0 Å². The summed E-state index contributed by atoms with van der Waals surface area (Å²) in [6.07, 6.45) is 0.533. The van der Waals surface area contributed by atoms with Crippen LogP contribution in [0.1, 0.15) is 18.9 Å². The first kappa shape index (κ1) is 16.7. The molecule has 0 aliphatic heterocycles. The lowest BCUT2D eigenvalue weighted by Crippen LogP contribution is -2.34. The molecule has 1 aromatic carbocycles. The van der Waals surface area contributed by atoms with Gasteiger partial charge in [-0.15, -0.1) is 0 Å². The minimum absolute atomic E-state index is 0.0638. The molecule has 1 N–H and O–H groups in total. The molecule has 0 saturated heterocycles. The fraction of sp³-hybridized carbons (Fsp3) is 0.500. The van der Waals surface area contributed by atoms with Crippen molar-refractivity contribution in [2.24, 2.45) is 0 Å². The molecule has 0 heterocycles. The first-order valence-electron chi connectivity index (χ1n) is 5.93. The third-order valence-corrected chi connectivity index (χ3v) is 5.31. The molecule has 0 fully saturated rings. The van der Waals surface area contributed by atoms with Crippen LogP contribution in [0, 0.1) is 0 Å². The van der Waals surface area contributed by atoms with Crippen LogP contribution in [0.25, 0.3) is 0 Å². The lowest BCUT2D eigenvalue weighted by molar-refractivity contribution is 0.251. The fourth-order valence-corrected chi connectivity index (χ4v) is 3.46. The van der Waals surface area contributed by atoms with E-state index in [-0.39, 0.29) is 25.4 Å². The van der Waals surface area contributed by atoms with Gasteiger partial charge in [0.25, 0.3) is 0 Å². The second-order valence-electron chi connectivity index (χ2n) is 4.12. The highest BCUT2D eigenvalue weighted by Crippen LogP contribution is 2.23. The summed E-state index contributed by atoms with van der Waals surface area (Å²) in [5, 5.41) is 9.80. The SMILES string of the molecule is CCCS(=O)(=O)N(CCO)Cc1ccc(Cl)c(Cl)c1. The monoisotopic (exact) mass is 325 g/mol. The van der Waals surface area contributed by atoms with Crippen molar-refractivity contribution in [2.45, 2.75) is 19.9 Å².